The summed E-state index contributed by atoms with van der Waals surface area (Å²) in [7, 11) is 0. The van der Waals surface area contributed by atoms with E-state index in [-0.39, 0.29) is 0 Å². The molecule has 0 saturated heterocycles. The molecule has 3 heteroatoms. The number of aromatic nitrogens is 2. The predicted molar refractivity (Wildman–Crippen MR) is 68.1 cm³/mol. The van der Waals surface area contributed by atoms with E-state index in [4.69, 9.17) is 11.6 Å². The molecule has 0 fully saturated rings. The summed E-state index contributed by atoms with van der Waals surface area (Å²) in [5, 5.41) is 2.30. The monoisotopic (exact) mass is 228 g/mol. The van der Waals surface area contributed by atoms with Crippen LogP contribution in [0, 0.1) is 11.3 Å². The Balaban J connectivity index is 2.47. The number of nitrogens with zero attached hydrogens (tertiary/aromatic N) is 1. The van der Waals surface area contributed by atoms with Gasteiger partial charge in [-0.3, -0.25) is 0 Å². The SMILES string of the molecule is C=CC=Cc1ccc2nc(C#CCl)[nH]c2c1. The molecule has 1 aromatic heterocycles. The van der Waals surface area contributed by atoms with Crippen molar-refractivity contribution in [3.8, 4) is 11.3 Å². The zero-order chi connectivity index (χ0) is 11.4. The molecule has 0 aliphatic carbocycles. The van der Waals surface area contributed by atoms with E-state index in [9.17, 15) is 0 Å². The Hall–Kier alpha value is -1.98. The van der Waals surface area contributed by atoms with Crippen molar-refractivity contribution in [2.24, 2.45) is 0 Å². The molecule has 0 radical (unpaired) electrons. The lowest BCUT2D eigenvalue weighted by molar-refractivity contribution is 1.28. The quantitative estimate of drug-likeness (QED) is 0.620. The summed E-state index contributed by atoms with van der Waals surface area (Å²) in [5.41, 5.74) is 2.91. The summed E-state index contributed by atoms with van der Waals surface area (Å²) in [6, 6.07) is 5.93. The van der Waals surface area contributed by atoms with Gasteiger partial charge < -0.3 is 4.98 Å². The van der Waals surface area contributed by atoms with Crippen LogP contribution in [-0.2, 0) is 0 Å². The molecule has 78 valence electrons. The number of benzene rings is 1. The van der Waals surface area contributed by atoms with Gasteiger partial charge in [0.15, 0.2) is 5.82 Å². The molecule has 2 aromatic rings. The highest BCUT2D eigenvalue weighted by Gasteiger charge is 2.00. The van der Waals surface area contributed by atoms with Crippen molar-refractivity contribution in [2.75, 3.05) is 0 Å². The maximum atomic E-state index is 5.32. The molecule has 0 aliphatic heterocycles. The fourth-order valence-electron chi connectivity index (χ4n) is 1.41. The number of aromatic amines is 1. The first-order valence-electron chi connectivity index (χ1n) is 4.74. The summed E-state index contributed by atoms with van der Waals surface area (Å²) < 4.78 is 0. The van der Waals surface area contributed by atoms with Crippen LogP contribution in [0.2, 0.25) is 0 Å². The predicted octanol–water partition coefficient (Wildman–Crippen LogP) is 3.31. The second kappa shape index (κ2) is 4.69. The third-order valence-corrected chi connectivity index (χ3v) is 2.19. The number of hydrogen-bond donors (Lipinski definition) is 1. The number of hydrogen-bond acceptors (Lipinski definition) is 1. The van der Waals surface area contributed by atoms with Gasteiger partial charge in [-0.15, -0.1) is 0 Å². The minimum Gasteiger partial charge on any atom is -0.331 e. The average Bonchev–Trinajstić information content (AvgIpc) is 2.68. The molecule has 0 unspecified atom stereocenters. The van der Waals surface area contributed by atoms with Crippen molar-refractivity contribution >= 4 is 28.7 Å². The first-order valence-corrected chi connectivity index (χ1v) is 5.12. The Bertz CT molecular complexity index is 612. The summed E-state index contributed by atoms with van der Waals surface area (Å²) in [6.45, 7) is 3.63. The van der Waals surface area contributed by atoms with Crippen LogP contribution >= 0.6 is 11.6 Å². The van der Waals surface area contributed by atoms with Gasteiger partial charge in [-0.25, -0.2) is 4.98 Å². The van der Waals surface area contributed by atoms with Gasteiger partial charge in [0.2, 0.25) is 0 Å². The molecule has 1 N–H and O–H groups in total. The number of allylic oxidation sites excluding steroid dienone is 2. The third-order valence-electron chi connectivity index (χ3n) is 2.10. The fraction of sp³-hybridized carbons (Fsp3) is 0. The Morgan fingerprint density at radius 2 is 2.31 bits per heavy atom. The summed E-state index contributed by atoms with van der Waals surface area (Å²) in [4.78, 5) is 7.35. The second-order valence-electron chi connectivity index (χ2n) is 3.18. The van der Waals surface area contributed by atoms with Gasteiger partial charge in [-0.2, -0.15) is 0 Å². The Kier molecular flexibility index (Phi) is 3.09. The molecule has 0 aliphatic rings. The Morgan fingerprint density at radius 1 is 1.44 bits per heavy atom. The van der Waals surface area contributed by atoms with Crippen molar-refractivity contribution in [3.63, 3.8) is 0 Å². The molecule has 0 atom stereocenters. The van der Waals surface area contributed by atoms with E-state index >= 15 is 0 Å². The van der Waals surface area contributed by atoms with Gasteiger partial charge in [0.1, 0.15) is 0 Å². The molecule has 2 nitrogen and oxygen atoms in total. The highest BCUT2D eigenvalue weighted by molar-refractivity contribution is 6.30. The van der Waals surface area contributed by atoms with E-state index in [2.05, 4.69) is 27.8 Å². The smallest absolute Gasteiger partial charge is 0.184 e. The van der Waals surface area contributed by atoms with Crippen LogP contribution in [0.5, 0.6) is 0 Å². The molecular formula is C13H9ClN2. The van der Waals surface area contributed by atoms with Crippen LogP contribution in [0.15, 0.2) is 36.9 Å². The molecular weight excluding hydrogens is 220 g/mol. The largest absolute Gasteiger partial charge is 0.331 e. The lowest BCUT2D eigenvalue weighted by Gasteiger charge is -1.91. The van der Waals surface area contributed by atoms with Crippen molar-refractivity contribution in [1.29, 1.82) is 0 Å². The van der Waals surface area contributed by atoms with Crippen LogP contribution in [0.1, 0.15) is 11.4 Å². The van der Waals surface area contributed by atoms with Crippen LogP contribution < -0.4 is 0 Å². The van der Waals surface area contributed by atoms with E-state index in [1.54, 1.807) is 6.08 Å². The minimum absolute atomic E-state index is 0.579. The third kappa shape index (κ3) is 2.16. The van der Waals surface area contributed by atoms with Gasteiger partial charge in [0, 0.05) is 5.38 Å². The first kappa shape index (κ1) is 10.5. The van der Waals surface area contributed by atoms with Crippen molar-refractivity contribution in [3.05, 3.63) is 48.3 Å². The Labute approximate surface area is 98.7 Å². The topological polar surface area (TPSA) is 28.7 Å². The number of imidazole rings is 1. The summed E-state index contributed by atoms with van der Waals surface area (Å²) in [5.74, 6) is 3.25. The molecule has 1 aromatic carbocycles. The van der Waals surface area contributed by atoms with Crippen LogP contribution in [0.4, 0.5) is 0 Å². The zero-order valence-electron chi connectivity index (χ0n) is 8.50. The number of halogens is 1. The zero-order valence-corrected chi connectivity index (χ0v) is 9.25. The fourth-order valence-corrected chi connectivity index (χ4v) is 1.50. The first-order chi connectivity index (χ1) is 7.83. The molecule has 0 spiro atoms. The van der Waals surface area contributed by atoms with Crippen LogP contribution in [-0.4, -0.2) is 9.97 Å². The van der Waals surface area contributed by atoms with E-state index in [0.29, 0.717) is 5.82 Å². The highest BCUT2D eigenvalue weighted by atomic mass is 35.5. The van der Waals surface area contributed by atoms with E-state index in [0.717, 1.165) is 16.6 Å². The molecule has 2 rings (SSSR count). The van der Waals surface area contributed by atoms with Crippen LogP contribution in [0.3, 0.4) is 0 Å². The average molecular weight is 229 g/mol. The summed E-state index contributed by atoms with van der Waals surface area (Å²) in [6.07, 6.45) is 5.60. The van der Waals surface area contributed by atoms with Crippen molar-refractivity contribution in [1.82, 2.24) is 9.97 Å². The number of fused-ring (bicyclic) bond motifs is 1. The Morgan fingerprint density at radius 3 is 3.06 bits per heavy atom. The normalized spacial score (nSPS) is 10.3. The van der Waals surface area contributed by atoms with Crippen LogP contribution in [0.25, 0.3) is 17.1 Å². The van der Waals surface area contributed by atoms with Gasteiger partial charge in [-0.05, 0) is 35.2 Å². The lowest BCUT2D eigenvalue weighted by Crippen LogP contribution is -1.73. The molecule has 0 amide bonds. The van der Waals surface area contributed by atoms with E-state index < -0.39 is 0 Å². The number of H-pyrrole nitrogens is 1. The second-order valence-corrected chi connectivity index (χ2v) is 3.37. The van der Waals surface area contributed by atoms with Gasteiger partial charge in [0.05, 0.1) is 11.0 Å². The number of nitrogens with one attached hydrogen (secondary N) is 1. The summed E-state index contributed by atoms with van der Waals surface area (Å²) >= 11 is 5.32. The maximum absolute atomic E-state index is 5.32. The van der Waals surface area contributed by atoms with E-state index in [1.807, 2.05) is 30.4 Å². The van der Waals surface area contributed by atoms with Crippen molar-refractivity contribution < 1.29 is 0 Å². The van der Waals surface area contributed by atoms with Gasteiger partial charge in [-0.1, -0.05) is 30.9 Å². The van der Waals surface area contributed by atoms with Crippen molar-refractivity contribution in [2.45, 2.75) is 0 Å². The van der Waals surface area contributed by atoms with E-state index in [1.165, 1.54) is 0 Å². The highest BCUT2D eigenvalue weighted by Crippen LogP contribution is 2.14. The number of rotatable bonds is 2. The van der Waals surface area contributed by atoms with Gasteiger partial charge in [0.25, 0.3) is 0 Å². The molecule has 1 heterocycles. The standard InChI is InChI=1S/C13H9ClN2/c1-2-3-4-10-5-6-11-12(9-10)16-13(15-11)7-8-14/h2-6,9H,1H2,(H,15,16). The lowest BCUT2D eigenvalue weighted by atomic mass is 10.2. The molecule has 16 heavy (non-hydrogen) atoms. The minimum atomic E-state index is 0.579. The maximum Gasteiger partial charge on any atom is 0.184 e. The molecule has 0 saturated carbocycles. The van der Waals surface area contributed by atoms with Gasteiger partial charge >= 0.3 is 0 Å². The molecule has 0 bridgehead atoms.